The topological polar surface area (TPSA) is 63.1 Å². The Bertz CT molecular complexity index is 835. The molecule has 26 heavy (non-hydrogen) atoms. The van der Waals surface area contributed by atoms with Gasteiger partial charge in [0.15, 0.2) is 5.82 Å². The third-order valence-electron chi connectivity index (χ3n) is 4.13. The van der Waals surface area contributed by atoms with Crippen LogP contribution in [0.4, 0.5) is 5.69 Å². The molecular formula is C21H27N5. The zero-order valence-electron chi connectivity index (χ0n) is 16.5. The summed E-state index contributed by atoms with van der Waals surface area (Å²) in [7, 11) is 0. The first-order valence-corrected chi connectivity index (χ1v) is 8.96. The molecule has 2 aromatic rings. The number of anilines is 1. The van der Waals surface area contributed by atoms with Crippen molar-refractivity contribution in [3.63, 3.8) is 0 Å². The normalized spacial score (nSPS) is 15.6. The summed E-state index contributed by atoms with van der Waals surface area (Å²) in [6.45, 7) is 13.4. The van der Waals surface area contributed by atoms with Gasteiger partial charge in [-0.05, 0) is 17.7 Å². The lowest BCUT2D eigenvalue weighted by atomic mass is 9.93. The molecular weight excluding hydrogens is 322 g/mol. The highest BCUT2D eigenvalue weighted by molar-refractivity contribution is 5.74. The lowest BCUT2D eigenvalue weighted by molar-refractivity contribution is 0.497. The van der Waals surface area contributed by atoms with E-state index in [1.54, 1.807) is 6.21 Å². The van der Waals surface area contributed by atoms with Crippen molar-refractivity contribution >= 4 is 11.9 Å². The third kappa shape index (κ3) is 3.98. The van der Waals surface area contributed by atoms with E-state index < -0.39 is 0 Å². The molecule has 0 saturated heterocycles. The van der Waals surface area contributed by atoms with E-state index >= 15 is 0 Å². The average Bonchev–Trinajstić information content (AvgIpc) is 2.53. The Labute approximate surface area is 155 Å². The van der Waals surface area contributed by atoms with Crippen LogP contribution in [0.1, 0.15) is 58.8 Å². The Balaban J connectivity index is 2.13. The number of rotatable bonds is 1. The number of nitrogens with one attached hydrogen (secondary N) is 1. The molecule has 2 heterocycles. The standard InChI is InChI=1S/C21H27N5/c1-20(2,3)18-24-17(25-19(26-18)21(4,5)6)14-8-9-15-13-22-10-7-11-23-16(15)12-14/h7-12,23H,13H2,1-6H3/b11-7-,22-10?. The Hall–Kier alpha value is -2.56. The fraction of sp³-hybridized carbons (Fsp3) is 0.429. The van der Waals surface area contributed by atoms with Crippen LogP contribution in [-0.4, -0.2) is 21.2 Å². The highest BCUT2D eigenvalue weighted by Gasteiger charge is 2.25. The van der Waals surface area contributed by atoms with Crippen molar-refractivity contribution in [2.24, 2.45) is 4.99 Å². The van der Waals surface area contributed by atoms with Gasteiger partial charge in [-0.15, -0.1) is 0 Å². The summed E-state index contributed by atoms with van der Waals surface area (Å²) >= 11 is 0. The predicted molar refractivity (Wildman–Crippen MR) is 108 cm³/mol. The fourth-order valence-corrected chi connectivity index (χ4v) is 2.56. The molecule has 1 N–H and O–H groups in total. The average molecular weight is 349 g/mol. The Morgan fingerprint density at radius 2 is 1.54 bits per heavy atom. The van der Waals surface area contributed by atoms with E-state index in [0.717, 1.165) is 28.5 Å². The summed E-state index contributed by atoms with van der Waals surface area (Å²) in [5.41, 5.74) is 2.88. The van der Waals surface area contributed by atoms with Crippen LogP contribution < -0.4 is 5.32 Å². The molecule has 3 rings (SSSR count). The molecule has 1 aromatic carbocycles. The van der Waals surface area contributed by atoms with E-state index in [4.69, 9.17) is 15.0 Å². The molecule has 0 aliphatic carbocycles. The van der Waals surface area contributed by atoms with Crippen LogP contribution in [0.15, 0.2) is 35.5 Å². The maximum Gasteiger partial charge on any atom is 0.163 e. The summed E-state index contributed by atoms with van der Waals surface area (Å²) < 4.78 is 0. The SMILES string of the molecule is CC(C)(C)c1nc(-c2ccc3c(c2)N/C=C\C=NC3)nc(C(C)(C)C)n1. The van der Waals surface area contributed by atoms with E-state index in [1.807, 2.05) is 12.3 Å². The van der Waals surface area contributed by atoms with Crippen molar-refractivity contribution in [3.05, 3.63) is 47.7 Å². The monoisotopic (exact) mass is 349 g/mol. The lowest BCUT2D eigenvalue weighted by Crippen LogP contribution is -2.24. The van der Waals surface area contributed by atoms with Crippen molar-refractivity contribution in [2.75, 3.05) is 5.32 Å². The highest BCUT2D eigenvalue weighted by Crippen LogP contribution is 2.29. The zero-order valence-corrected chi connectivity index (χ0v) is 16.5. The molecule has 0 unspecified atom stereocenters. The van der Waals surface area contributed by atoms with Crippen LogP contribution in [0, 0.1) is 0 Å². The quantitative estimate of drug-likeness (QED) is 0.814. The molecule has 5 nitrogen and oxygen atoms in total. The van der Waals surface area contributed by atoms with Gasteiger partial charge in [0, 0.05) is 34.5 Å². The van der Waals surface area contributed by atoms with Gasteiger partial charge >= 0.3 is 0 Å². The fourth-order valence-electron chi connectivity index (χ4n) is 2.56. The second-order valence-electron chi connectivity index (χ2n) is 8.67. The first-order chi connectivity index (χ1) is 12.1. The highest BCUT2D eigenvalue weighted by atomic mass is 15.1. The van der Waals surface area contributed by atoms with Crippen LogP contribution in [0.25, 0.3) is 11.4 Å². The van der Waals surface area contributed by atoms with E-state index in [1.165, 1.54) is 0 Å². The van der Waals surface area contributed by atoms with Gasteiger partial charge in [-0.25, -0.2) is 15.0 Å². The van der Waals surface area contributed by atoms with Crippen molar-refractivity contribution in [3.8, 4) is 11.4 Å². The van der Waals surface area contributed by atoms with Crippen LogP contribution >= 0.6 is 0 Å². The van der Waals surface area contributed by atoms with Gasteiger partial charge in [-0.2, -0.15) is 0 Å². The van der Waals surface area contributed by atoms with Gasteiger partial charge in [0.1, 0.15) is 11.6 Å². The minimum absolute atomic E-state index is 0.142. The van der Waals surface area contributed by atoms with Gasteiger partial charge in [-0.3, -0.25) is 4.99 Å². The van der Waals surface area contributed by atoms with Crippen molar-refractivity contribution in [1.29, 1.82) is 0 Å². The smallest absolute Gasteiger partial charge is 0.163 e. The zero-order chi connectivity index (χ0) is 18.9. The minimum Gasteiger partial charge on any atom is -0.361 e. The maximum atomic E-state index is 4.78. The summed E-state index contributed by atoms with van der Waals surface area (Å²) in [5.74, 6) is 2.35. The number of aromatic nitrogens is 3. The predicted octanol–water partition coefficient (Wildman–Crippen LogP) is 4.64. The molecule has 0 atom stereocenters. The molecule has 5 heteroatoms. The van der Waals surface area contributed by atoms with Gasteiger partial charge in [0.05, 0.1) is 6.54 Å². The second-order valence-corrected chi connectivity index (χ2v) is 8.67. The van der Waals surface area contributed by atoms with Gasteiger partial charge in [0.2, 0.25) is 0 Å². The van der Waals surface area contributed by atoms with Crippen molar-refractivity contribution in [2.45, 2.75) is 58.9 Å². The van der Waals surface area contributed by atoms with E-state index in [9.17, 15) is 0 Å². The van der Waals surface area contributed by atoms with Gasteiger partial charge < -0.3 is 5.32 Å². The molecule has 0 bridgehead atoms. The van der Waals surface area contributed by atoms with Crippen molar-refractivity contribution < 1.29 is 0 Å². The second kappa shape index (κ2) is 6.63. The first kappa shape index (κ1) is 18.2. The Morgan fingerprint density at radius 1 is 0.885 bits per heavy atom. The summed E-state index contributed by atoms with van der Waals surface area (Å²) in [6, 6.07) is 6.25. The molecule has 1 aliphatic rings. The molecule has 0 spiro atoms. The molecule has 0 saturated carbocycles. The number of hydrogen-bond acceptors (Lipinski definition) is 5. The van der Waals surface area contributed by atoms with Crippen molar-refractivity contribution in [1.82, 2.24) is 15.0 Å². The third-order valence-corrected chi connectivity index (χ3v) is 4.13. The molecule has 0 amide bonds. The summed E-state index contributed by atoms with van der Waals surface area (Å²) in [4.78, 5) is 18.7. The van der Waals surface area contributed by atoms with Crippen LogP contribution in [0.5, 0.6) is 0 Å². The summed E-state index contributed by atoms with van der Waals surface area (Å²) in [5, 5.41) is 3.32. The largest absolute Gasteiger partial charge is 0.361 e. The number of hydrogen-bond donors (Lipinski definition) is 1. The molecule has 0 fully saturated rings. The van der Waals surface area contributed by atoms with Gasteiger partial charge in [-0.1, -0.05) is 53.7 Å². The van der Waals surface area contributed by atoms with Crippen LogP contribution in [0.2, 0.25) is 0 Å². The van der Waals surface area contributed by atoms with E-state index in [2.05, 4.69) is 70.1 Å². The molecule has 1 aromatic heterocycles. The molecule has 0 radical (unpaired) electrons. The molecule has 136 valence electrons. The number of fused-ring (bicyclic) bond motifs is 1. The van der Waals surface area contributed by atoms with E-state index in [0.29, 0.717) is 12.4 Å². The Kier molecular flexibility index (Phi) is 4.65. The maximum absolute atomic E-state index is 4.78. The van der Waals surface area contributed by atoms with Crippen LogP contribution in [0.3, 0.4) is 0 Å². The van der Waals surface area contributed by atoms with Crippen LogP contribution in [-0.2, 0) is 17.4 Å². The number of nitrogens with zero attached hydrogens (tertiary/aromatic N) is 4. The number of benzene rings is 1. The number of aliphatic imine (C=N–C) groups is 1. The first-order valence-electron chi connectivity index (χ1n) is 8.96. The van der Waals surface area contributed by atoms with E-state index in [-0.39, 0.29) is 10.8 Å². The molecule has 1 aliphatic heterocycles. The minimum atomic E-state index is -0.142. The number of allylic oxidation sites excluding steroid dienone is 1. The summed E-state index contributed by atoms with van der Waals surface area (Å²) in [6.07, 6.45) is 5.59. The Morgan fingerprint density at radius 3 is 2.15 bits per heavy atom. The van der Waals surface area contributed by atoms with Gasteiger partial charge in [0.25, 0.3) is 0 Å². The lowest BCUT2D eigenvalue weighted by Gasteiger charge is -2.23.